The lowest BCUT2D eigenvalue weighted by Crippen LogP contribution is -2.07. The number of rotatable bonds is 5. The number of hydrogen-bond donors (Lipinski definition) is 1. The highest BCUT2D eigenvalue weighted by Crippen LogP contribution is 2.26. The minimum absolute atomic E-state index is 0.0238. The molecule has 0 saturated carbocycles. The van der Waals surface area contributed by atoms with Crippen LogP contribution in [0.3, 0.4) is 0 Å². The summed E-state index contributed by atoms with van der Waals surface area (Å²) < 4.78 is 42.8. The summed E-state index contributed by atoms with van der Waals surface area (Å²) in [5, 5.41) is 11.6. The molecule has 1 N–H and O–H groups in total. The largest absolute Gasteiger partial charge is 0.433 e. The topological polar surface area (TPSA) is 45.0 Å². The summed E-state index contributed by atoms with van der Waals surface area (Å²) in [6, 6.07) is 12.3. The number of nitrogens with one attached hydrogen (secondary N) is 1. The van der Waals surface area contributed by atoms with E-state index in [-0.39, 0.29) is 23.4 Å². The fraction of sp³-hybridized carbons (Fsp3) is 0.133. The zero-order chi connectivity index (χ0) is 15.2. The molecular weight excluding hydrogens is 281 g/mol. The van der Waals surface area contributed by atoms with E-state index < -0.39 is 12.4 Å². The molecule has 6 heteroatoms. The van der Waals surface area contributed by atoms with Crippen molar-refractivity contribution >= 4 is 5.69 Å². The third-order valence-electron chi connectivity index (χ3n) is 2.77. The van der Waals surface area contributed by atoms with Crippen LogP contribution in [0.2, 0.25) is 0 Å². The van der Waals surface area contributed by atoms with E-state index in [1.807, 2.05) is 0 Å². The Morgan fingerprint density at radius 1 is 1.14 bits per heavy atom. The van der Waals surface area contributed by atoms with Gasteiger partial charge in [-0.05, 0) is 18.2 Å². The van der Waals surface area contributed by atoms with Gasteiger partial charge in [-0.3, -0.25) is 0 Å². The lowest BCUT2D eigenvalue weighted by atomic mass is 10.1. The Hall–Kier alpha value is -2.68. The number of nitrogens with zero attached hydrogens (tertiary/aromatic N) is 1. The van der Waals surface area contributed by atoms with Crippen molar-refractivity contribution in [2.75, 3.05) is 5.32 Å². The average molecular weight is 292 g/mol. The first-order valence-corrected chi connectivity index (χ1v) is 6.07. The minimum atomic E-state index is -2.94. The molecule has 0 spiro atoms. The fourth-order valence-electron chi connectivity index (χ4n) is 1.80. The number of para-hydroxylation sites is 2. The highest BCUT2D eigenvalue weighted by Gasteiger charge is 2.11. The van der Waals surface area contributed by atoms with E-state index >= 15 is 0 Å². The van der Waals surface area contributed by atoms with Gasteiger partial charge in [0.25, 0.3) is 0 Å². The van der Waals surface area contributed by atoms with Crippen LogP contribution in [0.5, 0.6) is 5.75 Å². The first kappa shape index (κ1) is 14.7. The molecule has 108 valence electrons. The minimum Gasteiger partial charge on any atom is -0.433 e. The van der Waals surface area contributed by atoms with E-state index in [1.165, 1.54) is 18.2 Å². The summed E-state index contributed by atoms with van der Waals surface area (Å²) >= 11 is 0. The van der Waals surface area contributed by atoms with Gasteiger partial charge in [-0.15, -0.1) is 0 Å². The van der Waals surface area contributed by atoms with Crippen molar-refractivity contribution in [1.29, 1.82) is 5.26 Å². The van der Waals surface area contributed by atoms with Crippen molar-refractivity contribution in [3.8, 4) is 11.8 Å². The Morgan fingerprint density at radius 3 is 2.62 bits per heavy atom. The first-order valence-electron chi connectivity index (χ1n) is 6.07. The maximum atomic E-state index is 13.9. The molecule has 2 aromatic carbocycles. The highest BCUT2D eigenvalue weighted by atomic mass is 19.3. The van der Waals surface area contributed by atoms with E-state index in [1.54, 1.807) is 30.3 Å². The average Bonchev–Trinajstić information content (AvgIpc) is 2.47. The van der Waals surface area contributed by atoms with E-state index in [9.17, 15) is 13.2 Å². The van der Waals surface area contributed by atoms with Gasteiger partial charge in [0.1, 0.15) is 17.6 Å². The normalized spacial score (nSPS) is 10.2. The van der Waals surface area contributed by atoms with Crippen LogP contribution in [0.15, 0.2) is 42.5 Å². The number of alkyl halides is 2. The van der Waals surface area contributed by atoms with Crippen molar-refractivity contribution in [1.82, 2.24) is 0 Å². The molecule has 3 nitrogen and oxygen atoms in total. The van der Waals surface area contributed by atoms with Gasteiger partial charge in [0.05, 0.1) is 11.3 Å². The van der Waals surface area contributed by atoms with Crippen LogP contribution in [-0.4, -0.2) is 6.61 Å². The van der Waals surface area contributed by atoms with Gasteiger partial charge in [0.15, 0.2) is 0 Å². The first-order chi connectivity index (χ1) is 10.1. The van der Waals surface area contributed by atoms with Crippen LogP contribution in [-0.2, 0) is 6.54 Å². The summed E-state index contributed by atoms with van der Waals surface area (Å²) in [4.78, 5) is 0. The van der Waals surface area contributed by atoms with Gasteiger partial charge in [-0.1, -0.05) is 24.3 Å². The summed E-state index contributed by atoms with van der Waals surface area (Å²) in [5.41, 5.74) is 0.520. The quantitative estimate of drug-likeness (QED) is 0.908. The van der Waals surface area contributed by atoms with Gasteiger partial charge in [0.2, 0.25) is 0 Å². The Balaban J connectivity index is 2.16. The maximum Gasteiger partial charge on any atom is 0.387 e. The second-order valence-corrected chi connectivity index (χ2v) is 4.12. The molecule has 0 amide bonds. The lowest BCUT2D eigenvalue weighted by molar-refractivity contribution is -0.0493. The molecule has 0 saturated heterocycles. The molecule has 0 radical (unpaired) electrons. The number of anilines is 1. The maximum absolute atomic E-state index is 13.9. The molecule has 0 aliphatic rings. The molecule has 0 unspecified atom stereocenters. The summed E-state index contributed by atoms with van der Waals surface area (Å²) in [6.07, 6.45) is 0. The van der Waals surface area contributed by atoms with Crippen LogP contribution in [0.4, 0.5) is 18.9 Å². The van der Waals surface area contributed by atoms with Gasteiger partial charge < -0.3 is 10.1 Å². The molecule has 0 aromatic heterocycles. The van der Waals surface area contributed by atoms with E-state index in [4.69, 9.17) is 5.26 Å². The number of nitriles is 1. The molecule has 0 bridgehead atoms. The van der Waals surface area contributed by atoms with Crippen LogP contribution >= 0.6 is 0 Å². The van der Waals surface area contributed by atoms with Crippen LogP contribution in [0.1, 0.15) is 11.1 Å². The van der Waals surface area contributed by atoms with Crippen LogP contribution in [0, 0.1) is 17.1 Å². The van der Waals surface area contributed by atoms with Crippen molar-refractivity contribution in [3.63, 3.8) is 0 Å². The highest BCUT2D eigenvalue weighted by molar-refractivity contribution is 5.56. The molecule has 0 aliphatic carbocycles. The molecule has 0 aliphatic heterocycles. The Labute approximate surface area is 119 Å². The zero-order valence-corrected chi connectivity index (χ0v) is 10.8. The van der Waals surface area contributed by atoms with Crippen molar-refractivity contribution in [2.24, 2.45) is 0 Å². The Kier molecular flexibility index (Phi) is 4.67. The van der Waals surface area contributed by atoms with E-state index in [2.05, 4.69) is 10.1 Å². The van der Waals surface area contributed by atoms with Gasteiger partial charge in [0, 0.05) is 12.1 Å². The van der Waals surface area contributed by atoms with Crippen LogP contribution in [0.25, 0.3) is 0 Å². The third kappa shape index (κ3) is 3.66. The van der Waals surface area contributed by atoms with Crippen LogP contribution < -0.4 is 10.1 Å². The van der Waals surface area contributed by atoms with Gasteiger partial charge in [-0.25, -0.2) is 4.39 Å². The smallest absolute Gasteiger partial charge is 0.387 e. The second kappa shape index (κ2) is 6.66. The lowest BCUT2D eigenvalue weighted by Gasteiger charge is -2.13. The summed E-state index contributed by atoms with van der Waals surface area (Å²) in [5.74, 6) is -0.649. The zero-order valence-electron chi connectivity index (χ0n) is 10.8. The van der Waals surface area contributed by atoms with Gasteiger partial charge >= 0.3 is 6.61 Å². The predicted octanol–water partition coefficient (Wildman–Crippen LogP) is 3.91. The van der Waals surface area contributed by atoms with Crippen molar-refractivity contribution < 1.29 is 17.9 Å². The molecule has 0 heterocycles. The Bertz CT molecular complexity index is 668. The molecule has 2 rings (SSSR count). The summed E-state index contributed by atoms with van der Waals surface area (Å²) in [6.45, 7) is -2.89. The molecule has 21 heavy (non-hydrogen) atoms. The number of benzene rings is 2. The number of hydrogen-bond acceptors (Lipinski definition) is 3. The standard InChI is InChI=1S/C15H11F3N2O/c16-14-10(8-19)4-3-5-11(14)9-20-12-6-1-2-7-13(12)21-15(17)18/h1-7,15,20H,9H2. The van der Waals surface area contributed by atoms with E-state index in [0.717, 1.165) is 0 Å². The summed E-state index contributed by atoms with van der Waals surface area (Å²) in [7, 11) is 0. The van der Waals surface area contributed by atoms with Crippen molar-refractivity contribution in [2.45, 2.75) is 13.2 Å². The SMILES string of the molecule is N#Cc1cccc(CNc2ccccc2OC(F)F)c1F. The fourth-order valence-corrected chi connectivity index (χ4v) is 1.80. The third-order valence-corrected chi connectivity index (χ3v) is 2.77. The monoisotopic (exact) mass is 292 g/mol. The molecule has 2 aromatic rings. The predicted molar refractivity (Wildman–Crippen MR) is 71.5 cm³/mol. The molecule has 0 fully saturated rings. The van der Waals surface area contributed by atoms with Crippen molar-refractivity contribution in [3.05, 3.63) is 59.4 Å². The van der Waals surface area contributed by atoms with Gasteiger partial charge in [-0.2, -0.15) is 14.0 Å². The number of ether oxygens (including phenoxy) is 1. The second-order valence-electron chi connectivity index (χ2n) is 4.12. The van der Waals surface area contributed by atoms with E-state index in [0.29, 0.717) is 5.69 Å². The molecular formula is C15H11F3N2O. The molecule has 0 atom stereocenters. The Morgan fingerprint density at radius 2 is 1.90 bits per heavy atom. The number of halogens is 3.